The Morgan fingerprint density at radius 3 is 2.24 bits per heavy atom. The molecular weight excluding hydrogens is 388 g/mol. The van der Waals surface area contributed by atoms with Gasteiger partial charge in [0.1, 0.15) is 11.5 Å². The minimum absolute atomic E-state index is 0.0844. The molecule has 0 amide bonds. The zero-order valence-electron chi connectivity index (χ0n) is 18.1. The highest BCUT2D eigenvalue weighted by molar-refractivity contribution is 6.33. The van der Waals surface area contributed by atoms with Crippen LogP contribution in [0, 0.1) is 12.3 Å². The van der Waals surface area contributed by atoms with Crippen LogP contribution in [-0.4, -0.2) is 22.3 Å². The fraction of sp³-hybridized carbons (Fsp3) is 0.417. The third kappa shape index (κ3) is 6.90. The Labute approximate surface area is 178 Å². The predicted molar refractivity (Wildman–Crippen MR) is 119 cm³/mol. The molecule has 1 rings (SSSR count). The molecule has 158 valence electrons. The highest BCUT2D eigenvalue weighted by Gasteiger charge is 2.19. The van der Waals surface area contributed by atoms with E-state index < -0.39 is 0 Å². The molecule has 0 saturated heterocycles. The number of phenols is 2. The van der Waals surface area contributed by atoms with Crippen molar-refractivity contribution in [3.63, 3.8) is 0 Å². The normalized spacial score (nSPS) is 13.2. The summed E-state index contributed by atoms with van der Waals surface area (Å²) >= 11 is 6.07. The largest absolute Gasteiger partial charge is 0.507 e. The Morgan fingerprint density at radius 2 is 1.69 bits per heavy atom. The van der Waals surface area contributed by atoms with Crippen LogP contribution in [0.25, 0.3) is 0 Å². The number of aldehydes is 1. The molecule has 5 heteroatoms. The van der Waals surface area contributed by atoms with Crippen LogP contribution in [0.2, 0.25) is 5.02 Å². The average Bonchev–Trinajstić information content (AvgIpc) is 2.64. The van der Waals surface area contributed by atoms with Gasteiger partial charge in [0.25, 0.3) is 0 Å². The van der Waals surface area contributed by atoms with Crippen LogP contribution in [0.1, 0.15) is 68.9 Å². The zero-order valence-corrected chi connectivity index (χ0v) is 18.9. The van der Waals surface area contributed by atoms with Gasteiger partial charge in [0.05, 0.1) is 10.6 Å². The van der Waals surface area contributed by atoms with Gasteiger partial charge in [-0.05, 0) is 51.7 Å². The lowest BCUT2D eigenvalue weighted by atomic mass is 9.90. The summed E-state index contributed by atoms with van der Waals surface area (Å²) in [7, 11) is 0. The van der Waals surface area contributed by atoms with E-state index in [0.29, 0.717) is 11.8 Å². The van der Waals surface area contributed by atoms with Crippen molar-refractivity contribution in [3.05, 3.63) is 57.2 Å². The van der Waals surface area contributed by atoms with Gasteiger partial charge in [-0.25, -0.2) is 0 Å². The van der Waals surface area contributed by atoms with Crippen molar-refractivity contribution in [2.45, 2.75) is 60.8 Å². The summed E-state index contributed by atoms with van der Waals surface area (Å²) in [6.07, 6.45) is 9.82. The lowest BCUT2D eigenvalue weighted by Gasteiger charge is -2.13. The number of phenolic OH excluding ortho intramolecular Hbond substituents is 2. The van der Waals surface area contributed by atoms with Crippen molar-refractivity contribution in [2.75, 3.05) is 0 Å². The summed E-state index contributed by atoms with van der Waals surface area (Å²) in [5, 5.41) is 20.6. The van der Waals surface area contributed by atoms with E-state index in [-0.39, 0.29) is 45.3 Å². The second kappa shape index (κ2) is 10.4. The predicted octanol–water partition coefficient (Wildman–Crippen LogP) is 6.26. The molecule has 0 unspecified atom stereocenters. The van der Waals surface area contributed by atoms with Gasteiger partial charge in [-0.15, -0.1) is 0 Å². The van der Waals surface area contributed by atoms with Crippen molar-refractivity contribution >= 4 is 23.7 Å². The number of hydrogen-bond donors (Lipinski definition) is 2. The number of aromatic hydroxyl groups is 2. The van der Waals surface area contributed by atoms with E-state index in [1.165, 1.54) is 0 Å². The Hall–Kier alpha value is -2.33. The number of carbonyl (C=O) groups is 2. The number of ketones is 1. The van der Waals surface area contributed by atoms with Gasteiger partial charge in [-0.1, -0.05) is 61.7 Å². The van der Waals surface area contributed by atoms with Crippen molar-refractivity contribution < 1.29 is 19.8 Å². The van der Waals surface area contributed by atoms with Gasteiger partial charge in [0, 0.05) is 11.0 Å². The molecule has 0 bridgehead atoms. The molecule has 1 aromatic carbocycles. The van der Waals surface area contributed by atoms with Gasteiger partial charge >= 0.3 is 0 Å². The number of carbonyl (C=O) groups excluding carboxylic acids is 2. The molecule has 2 N–H and O–H groups in total. The molecule has 29 heavy (non-hydrogen) atoms. The fourth-order valence-corrected chi connectivity index (χ4v) is 2.87. The monoisotopic (exact) mass is 418 g/mol. The third-order valence-corrected chi connectivity index (χ3v) is 5.24. The Balaban J connectivity index is 2.79. The minimum Gasteiger partial charge on any atom is -0.507 e. The summed E-state index contributed by atoms with van der Waals surface area (Å²) in [6, 6.07) is 0. The molecule has 0 fully saturated rings. The van der Waals surface area contributed by atoms with Crippen molar-refractivity contribution in [1.29, 1.82) is 0 Å². The molecule has 0 aromatic heterocycles. The van der Waals surface area contributed by atoms with Crippen LogP contribution < -0.4 is 0 Å². The average molecular weight is 419 g/mol. The first-order valence-electron chi connectivity index (χ1n) is 9.63. The van der Waals surface area contributed by atoms with E-state index in [2.05, 4.69) is 6.08 Å². The van der Waals surface area contributed by atoms with Crippen LogP contribution in [0.4, 0.5) is 0 Å². The van der Waals surface area contributed by atoms with Crippen LogP contribution in [0.15, 0.2) is 35.5 Å². The standard InChI is InChI=1S/C24H31ClO4/c1-15(8-7-9-16(2)11-13-20(27)24(4,5)6)10-12-18-22(28)19(14-26)17(3)21(25)23(18)29/h9-11,13-14,28-29H,7-8,12H2,1-6H3/b13-11+,15-10+,16-9+. The molecule has 0 aliphatic rings. The quantitative estimate of drug-likeness (QED) is 0.226. The molecule has 0 saturated carbocycles. The molecule has 0 aliphatic heterocycles. The van der Waals surface area contributed by atoms with Gasteiger partial charge in [-0.3, -0.25) is 9.59 Å². The van der Waals surface area contributed by atoms with Crippen LogP contribution >= 0.6 is 11.6 Å². The maximum atomic E-state index is 11.9. The third-order valence-electron chi connectivity index (χ3n) is 4.78. The van der Waals surface area contributed by atoms with Crippen molar-refractivity contribution in [3.8, 4) is 11.5 Å². The first kappa shape index (κ1) is 24.7. The first-order chi connectivity index (χ1) is 13.4. The molecule has 4 nitrogen and oxygen atoms in total. The maximum absolute atomic E-state index is 11.9. The Morgan fingerprint density at radius 1 is 1.07 bits per heavy atom. The van der Waals surface area contributed by atoms with Crippen LogP contribution in [-0.2, 0) is 11.2 Å². The van der Waals surface area contributed by atoms with E-state index in [1.54, 1.807) is 13.0 Å². The first-order valence-corrected chi connectivity index (χ1v) is 10.0. The van der Waals surface area contributed by atoms with Gasteiger partial charge in [0.15, 0.2) is 12.1 Å². The Kier molecular flexibility index (Phi) is 8.90. The van der Waals surface area contributed by atoms with Crippen LogP contribution in [0.3, 0.4) is 0 Å². The molecule has 0 aliphatic carbocycles. The molecule has 0 heterocycles. The molecule has 0 radical (unpaired) electrons. The fourth-order valence-electron chi connectivity index (χ4n) is 2.65. The lowest BCUT2D eigenvalue weighted by Crippen LogP contribution is -2.17. The van der Waals surface area contributed by atoms with Crippen molar-refractivity contribution in [2.24, 2.45) is 5.41 Å². The zero-order chi connectivity index (χ0) is 22.4. The van der Waals surface area contributed by atoms with Gasteiger partial charge in [0.2, 0.25) is 0 Å². The maximum Gasteiger partial charge on any atom is 0.160 e. The number of benzene rings is 1. The van der Waals surface area contributed by atoms with E-state index in [0.717, 1.165) is 24.0 Å². The number of hydrogen-bond acceptors (Lipinski definition) is 4. The van der Waals surface area contributed by atoms with E-state index in [9.17, 15) is 19.8 Å². The highest BCUT2D eigenvalue weighted by Crippen LogP contribution is 2.40. The molecular formula is C24H31ClO4. The van der Waals surface area contributed by atoms with E-state index >= 15 is 0 Å². The summed E-state index contributed by atoms with van der Waals surface area (Å²) in [6.45, 7) is 11.2. The van der Waals surface area contributed by atoms with Gasteiger partial charge in [-0.2, -0.15) is 0 Å². The highest BCUT2D eigenvalue weighted by atomic mass is 35.5. The van der Waals surface area contributed by atoms with Crippen molar-refractivity contribution in [1.82, 2.24) is 0 Å². The molecule has 0 spiro atoms. The van der Waals surface area contributed by atoms with Crippen LogP contribution in [0.5, 0.6) is 11.5 Å². The lowest BCUT2D eigenvalue weighted by molar-refractivity contribution is -0.121. The topological polar surface area (TPSA) is 74.6 Å². The number of rotatable bonds is 8. The van der Waals surface area contributed by atoms with E-state index in [4.69, 9.17) is 11.6 Å². The SMILES string of the molecule is CC(/C=C/C(=O)C(C)(C)C)=C\CC/C(C)=C/Cc1c(O)c(Cl)c(C)c(C=O)c1O. The van der Waals surface area contributed by atoms with Gasteiger partial charge < -0.3 is 10.2 Å². The summed E-state index contributed by atoms with van der Waals surface area (Å²) < 4.78 is 0. The number of halogens is 1. The Bertz CT molecular complexity index is 868. The smallest absolute Gasteiger partial charge is 0.160 e. The molecule has 1 aromatic rings. The second-order valence-corrected chi connectivity index (χ2v) is 8.71. The summed E-state index contributed by atoms with van der Waals surface area (Å²) in [5.74, 6) is -0.332. The minimum atomic E-state index is -0.379. The summed E-state index contributed by atoms with van der Waals surface area (Å²) in [5.41, 5.74) is 2.43. The molecule has 0 atom stereocenters. The number of allylic oxidation sites excluding steroid dienone is 6. The second-order valence-electron chi connectivity index (χ2n) is 8.34. The van der Waals surface area contributed by atoms with E-state index in [1.807, 2.05) is 46.8 Å². The summed E-state index contributed by atoms with van der Waals surface area (Å²) in [4.78, 5) is 23.1.